The number of Topliss-reactive ketones (excluding diaryl/α,β-unsaturated/α-hetero) is 1. The number of hydrogen-bond acceptors (Lipinski definition) is 3. The third-order valence-electron chi connectivity index (χ3n) is 2.68. The second kappa shape index (κ2) is 5.95. The molecule has 0 bridgehead atoms. The molecule has 100 valence electrons. The van der Waals surface area contributed by atoms with Crippen LogP contribution in [0.15, 0.2) is 18.5 Å². The van der Waals surface area contributed by atoms with Gasteiger partial charge in [0.05, 0.1) is 5.56 Å². The molecule has 1 rings (SSSR count). The Kier molecular flexibility index (Phi) is 4.84. The van der Waals surface area contributed by atoms with Gasteiger partial charge in [-0.25, -0.2) is 0 Å². The van der Waals surface area contributed by atoms with Gasteiger partial charge in [-0.1, -0.05) is 13.3 Å². The Labute approximate surface area is 103 Å². The lowest BCUT2D eigenvalue weighted by molar-refractivity contribution is -0.138. The van der Waals surface area contributed by atoms with Crippen molar-refractivity contribution in [1.29, 1.82) is 0 Å². The van der Waals surface area contributed by atoms with Gasteiger partial charge in [0, 0.05) is 30.4 Å². The van der Waals surface area contributed by atoms with Crippen molar-refractivity contribution in [2.75, 3.05) is 6.54 Å². The molecular formula is C12H15F3N2O. The lowest BCUT2D eigenvalue weighted by atomic mass is 9.92. The van der Waals surface area contributed by atoms with Crippen LogP contribution in [0.4, 0.5) is 13.2 Å². The Bertz CT molecular complexity index is 418. The highest BCUT2D eigenvalue weighted by atomic mass is 19.4. The van der Waals surface area contributed by atoms with Crippen molar-refractivity contribution in [3.05, 3.63) is 29.6 Å². The van der Waals surface area contributed by atoms with Crippen LogP contribution in [0, 0.1) is 5.92 Å². The van der Waals surface area contributed by atoms with Gasteiger partial charge in [0.15, 0.2) is 5.78 Å². The maximum atomic E-state index is 12.8. The first kappa shape index (κ1) is 14.6. The van der Waals surface area contributed by atoms with Gasteiger partial charge in [-0.3, -0.25) is 9.78 Å². The monoisotopic (exact) mass is 260 g/mol. The van der Waals surface area contributed by atoms with Crippen LogP contribution in [0.5, 0.6) is 0 Å². The molecule has 1 unspecified atom stereocenters. The highest BCUT2D eigenvalue weighted by Crippen LogP contribution is 2.32. The van der Waals surface area contributed by atoms with E-state index in [1.807, 2.05) is 6.92 Å². The Morgan fingerprint density at radius 1 is 1.50 bits per heavy atom. The Morgan fingerprint density at radius 3 is 2.67 bits per heavy atom. The molecule has 2 N–H and O–H groups in total. The van der Waals surface area contributed by atoms with E-state index in [9.17, 15) is 18.0 Å². The topological polar surface area (TPSA) is 56.0 Å². The quantitative estimate of drug-likeness (QED) is 0.828. The van der Waals surface area contributed by atoms with E-state index in [1.165, 1.54) is 0 Å². The lowest BCUT2D eigenvalue weighted by Crippen LogP contribution is -2.26. The van der Waals surface area contributed by atoms with Crippen LogP contribution in [0.3, 0.4) is 0 Å². The van der Waals surface area contributed by atoms with Gasteiger partial charge in [0.1, 0.15) is 0 Å². The largest absolute Gasteiger partial charge is 0.417 e. The second-order valence-electron chi connectivity index (χ2n) is 4.00. The summed E-state index contributed by atoms with van der Waals surface area (Å²) in [6.45, 7) is 1.89. The standard InChI is InChI=1S/C12H15F3N2O/c1-2-3-8(6-16)11(18)9-7-17-5-4-10(9)12(13,14)15/h4-5,7-8H,2-3,6,16H2,1H3. The first-order valence-corrected chi connectivity index (χ1v) is 5.67. The average Bonchev–Trinajstić information content (AvgIpc) is 2.34. The molecular weight excluding hydrogens is 245 g/mol. The normalized spacial score (nSPS) is 13.4. The smallest absolute Gasteiger partial charge is 0.330 e. The van der Waals surface area contributed by atoms with Gasteiger partial charge in [0.25, 0.3) is 0 Å². The number of rotatable bonds is 5. The first-order chi connectivity index (χ1) is 8.41. The number of halogens is 3. The highest BCUT2D eigenvalue weighted by molar-refractivity contribution is 5.99. The molecule has 0 amide bonds. The minimum atomic E-state index is -4.56. The van der Waals surface area contributed by atoms with E-state index in [0.29, 0.717) is 12.8 Å². The zero-order valence-electron chi connectivity index (χ0n) is 10.00. The fourth-order valence-corrected chi connectivity index (χ4v) is 1.76. The third kappa shape index (κ3) is 3.29. The zero-order valence-corrected chi connectivity index (χ0v) is 10.00. The molecule has 0 radical (unpaired) electrons. The molecule has 1 atom stereocenters. The Balaban J connectivity index is 3.13. The van der Waals surface area contributed by atoms with Crippen molar-refractivity contribution >= 4 is 5.78 Å². The van der Waals surface area contributed by atoms with Crippen molar-refractivity contribution in [2.24, 2.45) is 11.7 Å². The molecule has 0 saturated carbocycles. The number of alkyl halides is 3. The second-order valence-corrected chi connectivity index (χ2v) is 4.00. The van der Waals surface area contributed by atoms with E-state index in [1.54, 1.807) is 0 Å². The van der Waals surface area contributed by atoms with Gasteiger partial charge >= 0.3 is 6.18 Å². The number of carbonyl (C=O) groups excluding carboxylic acids is 1. The van der Waals surface area contributed by atoms with E-state index in [0.717, 1.165) is 18.5 Å². The maximum Gasteiger partial charge on any atom is 0.417 e. The summed E-state index contributed by atoms with van der Waals surface area (Å²) in [6, 6.07) is 0.812. The summed E-state index contributed by atoms with van der Waals surface area (Å²) in [4.78, 5) is 15.6. The van der Waals surface area contributed by atoms with Crippen LogP contribution < -0.4 is 5.73 Å². The van der Waals surface area contributed by atoms with Crippen LogP contribution in [-0.4, -0.2) is 17.3 Å². The molecule has 1 aromatic rings. The molecule has 0 saturated heterocycles. The molecule has 0 fully saturated rings. The van der Waals surface area contributed by atoms with E-state index >= 15 is 0 Å². The van der Waals surface area contributed by atoms with E-state index in [4.69, 9.17) is 5.73 Å². The van der Waals surface area contributed by atoms with Crippen LogP contribution in [0.1, 0.15) is 35.7 Å². The Morgan fingerprint density at radius 2 is 2.17 bits per heavy atom. The summed E-state index contributed by atoms with van der Waals surface area (Å²) in [6.07, 6.45) is -1.41. The first-order valence-electron chi connectivity index (χ1n) is 5.67. The van der Waals surface area contributed by atoms with Gasteiger partial charge in [-0.2, -0.15) is 13.2 Å². The molecule has 3 nitrogen and oxygen atoms in total. The number of pyridine rings is 1. The molecule has 1 heterocycles. The number of hydrogen-bond donors (Lipinski definition) is 1. The predicted molar refractivity (Wildman–Crippen MR) is 61.0 cm³/mol. The summed E-state index contributed by atoms with van der Waals surface area (Å²) >= 11 is 0. The van der Waals surface area contributed by atoms with E-state index in [-0.39, 0.29) is 6.54 Å². The van der Waals surface area contributed by atoms with Crippen molar-refractivity contribution in [3.8, 4) is 0 Å². The van der Waals surface area contributed by atoms with E-state index in [2.05, 4.69) is 4.98 Å². The van der Waals surface area contributed by atoms with Crippen LogP contribution in [-0.2, 0) is 6.18 Å². The molecule has 0 aromatic carbocycles. The maximum absolute atomic E-state index is 12.8. The number of aromatic nitrogens is 1. The van der Waals surface area contributed by atoms with Gasteiger partial charge in [-0.05, 0) is 12.5 Å². The molecule has 0 spiro atoms. The van der Waals surface area contributed by atoms with Crippen molar-refractivity contribution < 1.29 is 18.0 Å². The Hall–Kier alpha value is -1.43. The SMILES string of the molecule is CCCC(CN)C(=O)c1cnccc1C(F)(F)F. The minimum absolute atomic E-state index is 0.0405. The molecule has 0 aliphatic rings. The highest BCUT2D eigenvalue weighted by Gasteiger charge is 2.36. The van der Waals surface area contributed by atoms with Gasteiger partial charge in [0.2, 0.25) is 0 Å². The van der Waals surface area contributed by atoms with Crippen LogP contribution in [0.25, 0.3) is 0 Å². The fraction of sp³-hybridized carbons (Fsp3) is 0.500. The van der Waals surface area contributed by atoms with Crippen LogP contribution in [0.2, 0.25) is 0 Å². The summed E-state index contributed by atoms with van der Waals surface area (Å²) in [5.41, 5.74) is 4.09. The van der Waals surface area contributed by atoms with Crippen molar-refractivity contribution in [1.82, 2.24) is 4.98 Å². The van der Waals surface area contributed by atoms with Crippen molar-refractivity contribution in [3.63, 3.8) is 0 Å². The number of ketones is 1. The molecule has 1 aromatic heterocycles. The summed E-state index contributed by atoms with van der Waals surface area (Å²) in [5.74, 6) is -1.17. The number of carbonyl (C=O) groups is 1. The van der Waals surface area contributed by atoms with Crippen LogP contribution >= 0.6 is 0 Å². The molecule has 18 heavy (non-hydrogen) atoms. The summed E-state index contributed by atoms with van der Waals surface area (Å²) in [7, 11) is 0. The zero-order chi connectivity index (χ0) is 13.8. The molecule has 0 aliphatic carbocycles. The van der Waals surface area contributed by atoms with E-state index < -0.39 is 29.0 Å². The minimum Gasteiger partial charge on any atom is -0.330 e. The average molecular weight is 260 g/mol. The van der Waals surface area contributed by atoms with Gasteiger partial charge < -0.3 is 5.73 Å². The molecule has 6 heteroatoms. The third-order valence-corrected chi connectivity index (χ3v) is 2.68. The summed E-state index contributed by atoms with van der Waals surface area (Å²) in [5, 5.41) is 0. The fourth-order valence-electron chi connectivity index (χ4n) is 1.76. The predicted octanol–water partition coefficient (Wildman–Crippen LogP) is 2.66. The van der Waals surface area contributed by atoms with Gasteiger partial charge in [-0.15, -0.1) is 0 Å². The van der Waals surface area contributed by atoms with Crippen molar-refractivity contribution in [2.45, 2.75) is 25.9 Å². The summed E-state index contributed by atoms with van der Waals surface area (Å²) < 4.78 is 38.3. The molecule has 0 aliphatic heterocycles. The number of nitrogens with two attached hydrogens (primary N) is 1. The lowest BCUT2D eigenvalue weighted by Gasteiger charge is -2.16. The number of nitrogens with zero attached hydrogens (tertiary/aromatic N) is 1.